The fraction of sp³-hybridized carbons (Fsp3) is 0.625. The normalized spacial score (nSPS) is 13.8. The smallest absolute Gasteiger partial charge is 0.128 e. The number of nitrogens with one attached hydrogen (secondary N) is 1. The molecule has 1 aromatic carbocycles. The van der Waals surface area contributed by atoms with E-state index < -0.39 is 5.82 Å². The van der Waals surface area contributed by atoms with Gasteiger partial charge in [-0.25, -0.2) is 8.78 Å². The maximum Gasteiger partial charge on any atom is 0.128 e. The Morgan fingerprint density at radius 1 is 1.15 bits per heavy atom. The topological polar surface area (TPSA) is 15.3 Å². The second-order valence-corrected chi connectivity index (χ2v) is 5.48. The quantitative estimate of drug-likeness (QED) is 0.820. The van der Waals surface area contributed by atoms with Crippen molar-refractivity contribution in [3.8, 4) is 0 Å². The van der Waals surface area contributed by atoms with Gasteiger partial charge in [0.25, 0.3) is 0 Å². The number of nitrogens with zero attached hydrogens (tertiary/aromatic N) is 1. The summed E-state index contributed by atoms with van der Waals surface area (Å²) in [4.78, 5) is 2.25. The predicted molar refractivity (Wildman–Crippen MR) is 79.8 cm³/mol. The molecule has 0 aromatic heterocycles. The van der Waals surface area contributed by atoms with Crippen LogP contribution in [0.25, 0.3) is 0 Å². The zero-order valence-electron chi connectivity index (χ0n) is 13.1. The first-order chi connectivity index (χ1) is 9.38. The second-order valence-electron chi connectivity index (χ2n) is 5.48. The molecule has 0 amide bonds. The van der Waals surface area contributed by atoms with Crippen LogP contribution < -0.4 is 5.32 Å². The van der Waals surface area contributed by atoms with E-state index in [1.54, 1.807) is 0 Å². The Morgan fingerprint density at radius 3 is 2.25 bits per heavy atom. The van der Waals surface area contributed by atoms with Crippen LogP contribution in [0.15, 0.2) is 18.2 Å². The van der Waals surface area contributed by atoms with Gasteiger partial charge in [-0.3, -0.25) is 4.90 Å². The Kier molecular flexibility index (Phi) is 6.08. The minimum absolute atomic E-state index is 0.261. The molecule has 0 fully saturated rings. The van der Waals surface area contributed by atoms with Crippen molar-refractivity contribution in [2.24, 2.45) is 0 Å². The Hall–Kier alpha value is -1.00. The Balaban J connectivity index is 3.25. The van der Waals surface area contributed by atoms with Gasteiger partial charge in [0.1, 0.15) is 11.6 Å². The van der Waals surface area contributed by atoms with Crippen molar-refractivity contribution in [1.82, 2.24) is 10.2 Å². The van der Waals surface area contributed by atoms with Crippen LogP contribution in [-0.2, 0) is 0 Å². The molecule has 0 saturated heterocycles. The van der Waals surface area contributed by atoms with Crippen LogP contribution in [0.2, 0.25) is 0 Å². The fourth-order valence-corrected chi connectivity index (χ4v) is 2.90. The van der Waals surface area contributed by atoms with E-state index in [4.69, 9.17) is 0 Å². The fourth-order valence-electron chi connectivity index (χ4n) is 2.90. The van der Waals surface area contributed by atoms with E-state index in [1.807, 2.05) is 6.92 Å². The van der Waals surface area contributed by atoms with Crippen molar-refractivity contribution in [2.45, 2.75) is 46.2 Å². The molecule has 0 radical (unpaired) electrons. The maximum absolute atomic E-state index is 14.1. The summed E-state index contributed by atoms with van der Waals surface area (Å²) in [6.07, 6.45) is 0. The molecular weight excluding hydrogens is 258 g/mol. The third kappa shape index (κ3) is 3.55. The van der Waals surface area contributed by atoms with Crippen molar-refractivity contribution in [1.29, 1.82) is 0 Å². The van der Waals surface area contributed by atoms with Gasteiger partial charge >= 0.3 is 0 Å². The molecule has 20 heavy (non-hydrogen) atoms. The highest BCUT2D eigenvalue weighted by Gasteiger charge is 2.36. The summed E-state index contributed by atoms with van der Waals surface area (Å²) >= 11 is 0. The Morgan fingerprint density at radius 2 is 1.75 bits per heavy atom. The summed E-state index contributed by atoms with van der Waals surface area (Å²) in [6, 6.07) is 3.40. The molecule has 0 heterocycles. The first-order valence-electron chi connectivity index (χ1n) is 7.31. The molecule has 0 aliphatic carbocycles. The number of hydrogen-bond acceptors (Lipinski definition) is 2. The number of likely N-dealkylation sites (N-methyl/N-ethyl adjacent to an activating group) is 2. The summed E-state index contributed by atoms with van der Waals surface area (Å²) in [5, 5.41) is 3.31. The maximum atomic E-state index is 14.1. The molecule has 1 N–H and O–H groups in total. The van der Waals surface area contributed by atoms with Gasteiger partial charge in [0.05, 0.1) is 6.04 Å². The highest BCUT2D eigenvalue weighted by Crippen LogP contribution is 2.32. The van der Waals surface area contributed by atoms with Gasteiger partial charge in [0, 0.05) is 11.1 Å². The summed E-state index contributed by atoms with van der Waals surface area (Å²) in [7, 11) is 0. The lowest BCUT2D eigenvalue weighted by molar-refractivity contribution is 0.0902. The summed E-state index contributed by atoms with van der Waals surface area (Å²) < 4.78 is 27.6. The monoisotopic (exact) mass is 284 g/mol. The van der Waals surface area contributed by atoms with Crippen molar-refractivity contribution in [3.63, 3.8) is 0 Å². The van der Waals surface area contributed by atoms with Crippen LogP contribution in [0.3, 0.4) is 0 Å². The summed E-state index contributed by atoms with van der Waals surface area (Å²) in [6.45, 7) is 12.7. The molecule has 1 aromatic rings. The number of halogens is 2. The van der Waals surface area contributed by atoms with E-state index in [2.05, 4.69) is 37.9 Å². The minimum atomic E-state index is -0.403. The van der Waals surface area contributed by atoms with E-state index in [-0.39, 0.29) is 17.4 Å². The average Bonchev–Trinajstić information content (AvgIpc) is 2.40. The van der Waals surface area contributed by atoms with E-state index in [0.717, 1.165) is 19.2 Å². The van der Waals surface area contributed by atoms with E-state index in [9.17, 15) is 8.78 Å². The van der Waals surface area contributed by atoms with Crippen molar-refractivity contribution < 1.29 is 8.78 Å². The highest BCUT2D eigenvalue weighted by atomic mass is 19.1. The predicted octanol–water partition coefficient (Wildman–Crippen LogP) is 3.74. The third-order valence-electron chi connectivity index (χ3n) is 3.96. The van der Waals surface area contributed by atoms with E-state index >= 15 is 0 Å². The molecule has 0 saturated carbocycles. The molecule has 0 spiro atoms. The number of hydrogen-bond donors (Lipinski definition) is 1. The lowest BCUT2D eigenvalue weighted by atomic mass is 9.86. The molecule has 1 unspecified atom stereocenters. The molecule has 1 atom stereocenters. The molecular formula is C16H26F2N2. The second kappa shape index (κ2) is 7.14. The molecule has 4 heteroatoms. The van der Waals surface area contributed by atoms with E-state index in [1.165, 1.54) is 12.1 Å². The SMILES string of the molecule is CCNC(c1cc(F)ccc1F)C(C)(C)N(CC)CC. The van der Waals surface area contributed by atoms with Gasteiger partial charge in [0.2, 0.25) is 0 Å². The standard InChI is InChI=1S/C16H26F2N2/c1-6-19-15(16(4,5)20(7-2)8-3)13-11-12(17)9-10-14(13)18/h9-11,15,19H,6-8H2,1-5H3. The Bertz CT molecular complexity index is 428. The molecule has 0 aliphatic heterocycles. The summed E-state index contributed by atoms with van der Waals surface area (Å²) in [5.74, 6) is -0.766. The first-order valence-corrected chi connectivity index (χ1v) is 7.31. The van der Waals surface area contributed by atoms with Crippen molar-refractivity contribution in [2.75, 3.05) is 19.6 Å². The van der Waals surface area contributed by atoms with Crippen molar-refractivity contribution in [3.05, 3.63) is 35.4 Å². The van der Waals surface area contributed by atoms with Gasteiger partial charge < -0.3 is 5.32 Å². The third-order valence-corrected chi connectivity index (χ3v) is 3.96. The molecule has 2 nitrogen and oxygen atoms in total. The van der Waals surface area contributed by atoms with Crippen molar-refractivity contribution >= 4 is 0 Å². The zero-order valence-corrected chi connectivity index (χ0v) is 13.1. The lowest BCUT2D eigenvalue weighted by Crippen LogP contribution is -2.52. The number of rotatable bonds is 7. The minimum Gasteiger partial charge on any atom is -0.309 e. The molecule has 1 rings (SSSR count). The lowest BCUT2D eigenvalue weighted by Gasteiger charge is -2.44. The average molecular weight is 284 g/mol. The molecule has 0 bridgehead atoms. The van der Waals surface area contributed by atoms with Crippen LogP contribution >= 0.6 is 0 Å². The van der Waals surface area contributed by atoms with Gasteiger partial charge in [-0.15, -0.1) is 0 Å². The van der Waals surface area contributed by atoms with Crippen LogP contribution in [0.5, 0.6) is 0 Å². The largest absolute Gasteiger partial charge is 0.309 e. The van der Waals surface area contributed by atoms with Crippen LogP contribution in [0.4, 0.5) is 8.78 Å². The van der Waals surface area contributed by atoms with Crippen LogP contribution in [-0.4, -0.2) is 30.1 Å². The summed E-state index contributed by atoms with van der Waals surface area (Å²) in [5.41, 5.74) is 0.0810. The van der Waals surface area contributed by atoms with Gasteiger partial charge in [-0.05, 0) is 51.7 Å². The molecule has 114 valence electrons. The molecule has 0 aliphatic rings. The van der Waals surface area contributed by atoms with Gasteiger partial charge in [0.15, 0.2) is 0 Å². The van der Waals surface area contributed by atoms with Gasteiger partial charge in [-0.1, -0.05) is 20.8 Å². The van der Waals surface area contributed by atoms with Crippen LogP contribution in [0, 0.1) is 11.6 Å². The Labute approximate surface area is 121 Å². The van der Waals surface area contributed by atoms with Crippen LogP contribution in [0.1, 0.15) is 46.2 Å². The first kappa shape index (κ1) is 17.1. The zero-order chi connectivity index (χ0) is 15.3. The highest BCUT2D eigenvalue weighted by molar-refractivity contribution is 5.25. The number of benzene rings is 1. The van der Waals surface area contributed by atoms with Gasteiger partial charge in [-0.2, -0.15) is 0 Å². The van der Waals surface area contributed by atoms with E-state index in [0.29, 0.717) is 12.1 Å².